The van der Waals surface area contributed by atoms with Gasteiger partial charge in [-0.25, -0.2) is 13.1 Å². The zero-order chi connectivity index (χ0) is 16.2. The first-order valence-electron chi connectivity index (χ1n) is 7.35. The maximum absolute atomic E-state index is 12.2. The van der Waals surface area contributed by atoms with Crippen molar-refractivity contribution in [1.29, 1.82) is 0 Å². The molecule has 0 aromatic carbocycles. The highest BCUT2D eigenvalue weighted by Crippen LogP contribution is 2.21. The standard InChI is InChI=1S/C14H22N2O4S2/c1-11(17)9-15-22(19,20)10-12-4-6-16(7-5-12)14(18)13-3-2-8-21-13/h2-3,8,11-12,15,17H,4-7,9-10H2,1H3/t11-/m1/s1. The van der Waals surface area contributed by atoms with Crippen molar-refractivity contribution in [2.45, 2.75) is 25.9 Å². The number of nitrogens with one attached hydrogen (secondary N) is 1. The lowest BCUT2D eigenvalue weighted by molar-refractivity contribution is 0.0703. The predicted octanol–water partition coefficient (Wildman–Crippen LogP) is 0.901. The molecular formula is C14H22N2O4S2. The summed E-state index contributed by atoms with van der Waals surface area (Å²) in [5, 5.41) is 11.0. The van der Waals surface area contributed by atoms with Crippen LogP contribution >= 0.6 is 11.3 Å². The molecule has 2 N–H and O–H groups in total. The fraction of sp³-hybridized carbons (Fsp3) is 0.643. The average Bonchev–Trinajstić information content (AvgIpc) is 2.99. The van der Waals surface area contributed by atoms with Crippen LogP contribution in [0.2, 0.25) is 0 Å². The zero-order valence-electron chi connectivity index (χ0n) is 12.6. The molecule has 1 aliphatic rings. The van der Waals surface area contributed by atoms with Gasteiger partial charge in [-0.1, -0.05) is 6.07 Å². The van der Waals surface area contributed by atoms with Crippen LogP contribution < -0.4 is 4.72 Å². The van der Waals surface area contributed by atoms with Gasteiger partial charge in [-0.15, -0.1) is 11.3 Å². The minimum Gasteiger partial charge on any atom is -0.392 e. The van der Waals surface area contributed by atoms with Crippen molar-refractivity contribution >= 4 is 27.3 Å². The van der Waals surface area contributed by atoms with E-state index in [1.54, 1.807) is 4.90 Å². The maximum atomic E-state index is 12.2. The first-order valence-corrected chi connectivity index (χ1v) is 9.89. The lowest BCUT2D eigenvalue weighted by Crippen LogP contribution is -2.41. The van der Waals surface area contributed by atoms with E-state index in [2.05, 4.69) is 4.72 Å². The quantitative estimate of drug-likeness (QED) is 0.801. The third-order valence-electron chi connectivity index (χ3n) is 3.69. The second-order valence-corrected chi connectivity index (χ2v) is 8.49. The fourth-order valence-electron chi connectivity index (χ4n) is 2.48. The molecular weight excluding hydrogens is 324 g/mol. The third kappa shape index (κ3) is 5.05. The van der Waals surface area contributed by atoms with Crippen molar-refractivity contribution in [3.05, 3.63) is 22.4 Å². The summed E-state index contributed by atoms with van der Waals surface area (Å²) in [6.45, 7) is 2.76. The number of hydrogen-bond acceptors (Lipinski definition) is 5. The summed E-state index contributed by atoms with van der Waals surface area (Å²) in [6, 6.07) is 3.66. The second-order valence-electron chi connectivity index (χ2n) is 5.69. The summed E-state index contributed by atoms with van der Waals surface area (Å²) >= 11 is 1.42. The van der Waals surface area contributed by atoms with Crippen LogP contribution in [0.1, 0.15) is 29.4 Å². The van der Waals surface area contributed by atoms with Crippen molar-refractivity contribution in [2.75, 3.05) is 25.4 Å². The van der Waals surface area contributed by atoms with Crippen molar-refractivity contribution in [3.8, 4) is 0 Å². The highest BCUT2D eigenvalue weighted by Gasteiger charge is 2.27. The summed E-state index contributed by atoms with van der Waals surface area (Å²) in [7, 11) is -3.37. The zero-order valence-corrected chi connectivity index (χ0v) is 14.2. The first kappa shape index (κ1) is 17.4. The third-order valence-corrected chi connectivity index (χ3v) is 6.06. The molecule has 2 rings (SSSR count). The predicted molar refractivity (Wildman–Crippen MR) is 86.4 cm³/mol. The number of aliphatic hydroxyl groups excluding tert-OH is 1. The molecule has 1 aromatic rings. The number of aliphatic hydroxyl groups is 1. The lowest BCUT2D eigenvalue weighted by atomic mass is 9.99. The molecule has 1 aliphatic heterocycles. The number of carbonyl (C=O) groups excluding carboxylic acids is 1. The number of amides is 1. The summed E-state index contributed by atoms with van der Waals surface area (Å²) in [5.74, 6) is 0.142. The molecule has 2 heterocycles. The number of likely N-dealkylation sites (tertiary alicyclic amines) is 1. The van der Waals surface area contributed by atoms with Crippen molar-refractivity contribution in [2.24, 2.45) is 5.92 Å². The van der Waals surface area contributed by atoms with Crippen LogP contribution in [0.5, 0.6) is 0 Å². The van der Waals surface area contributed by atoms with Gasteiger partial charge in [-0.05, 0) is 37.1 Å². The van der Waals surface area contributed by atoms with Gasteiger partial charge in [0.05, 0.1) is 16.7 Å². The fourth-order valence-corrected chi connectivity index (χ4v) is 4.73. The smallest absolute Gasteiger partial charge is 0.263 e. The molecule has 0 spiro atoms. The molecule has 8 heteroatoms. The highest BCUT2D eigenvalue weighted by molar-refractivity contribution is 7.89. The van der Waals surface area contributed by atoms with Crippen LogP contribution in [-0.4, -0.2) is 55.8 Å². The normalized spacial score (nSPS) is 18.4. The Bertz CT molecular complexity index is 576. The van der Waals surface area contributed by atoms with Crippen LogP contribution in [0.15, 0.2) is 17.5 Å². The van der Waals surface area contributed by atoms with Crippen molar-refractivity contribution in [1.82, 2.24) is 9.62 Å². The minimum absolute atomic E-state index is 0.0311. The van der Waals surface area contributed by atoms with E-state index in [0.717, 1.165) is 4.88 Å². The van der Waals surface area contributed by atoms with Gasteiger partial charge in [-0.2, -0.15) is 0 Å². The second kappa shape index (κ2) is 7.54. The summed E-state index contributed by atoms with van der Waals surface area (Å²) < 4.78 is 26.2. The van der Waals surface area contributed by atoms with Crippen LogP contribution in [0.3, 0.4) is 0 Å². The number of sulfonamides is 1. The molecule has 1 saturated heterocycles. The molecule has 0 saturated carbocycles. The van der Waals surface area contributed by atoms with Crippen molar-refractivity contribution < 1.29 is 18.3 Å². The Hall–Kier alpha value is -0.960. The number of hydrogen-bond donors (Lipinski definition) is 2. The molecule has 124 valence electrons. The van der Waals surface area contributed by atoms with E-state index in [0.29, 0.717) is 25.9 Å². The summed E-state index contributed by atoms with van der Waals surface area (Å²) in [4.78, 5) is 14.7. The molecule has 0 radical (unpaired) electrons. The van der Waals surface area contributed by atoms with Crippen LogP contribution in [0, 0.1) is 5.92 Å². The van der Waals surface area contributed by atoms with Crippen LogP contribution in [0.25, 0.3) is 0 Å². The molecule has 22 heavy (non-hydrogen) atoms. The average molecular weight is 346 g/mol. The lowest BCUT2D eigenvalue weighted by Gasteiger charge is -2.31. The van der Waals surface area contributed by atoms with E-state index in [-0.39, 0.29) is 24.1 Å². The summed E-state index contributed by atoms with van der Waals surface area (Å²) in [5.41, 5.74) is 0. The van der Waals surface area contributed by atoms with Crippen LogP contribution in [-0.2, 0) is 10.0 Å². The van der Waals surface area contributed by atoms with E-state index >= 15 is 0 Å². The van der Waals surface area contributed by atoms with Crippen LogP contribution in [0.4, 0.5) is 0 Å². The first-order chi connectivity index (χ1) is 10.4. The SMILES string of the molecule is C[C@@H](O)CNS(=O)(=O)CC1CCN(C(=O)c2cccs2)CC1. The molecule has 1 atom stereocenters. The van der Waals surface area contributed by atoms with Gasteiger partial charge in [0.2, 0.25) is 10.0 Å². The topological polar surface area (TPSA) is 86.7 Å². The van der Waals surface area contributed by atoms with E-state index in [9.17, 15) is 13.2 Å². The number of carbonyl (C=O) groups is 1. The molecule has 0 aliphatic carbocycles. The van der Waals surface area contributed by atoms with Crippen molar-refractivity contribution in [3.63, 3.8) is 0 Å². The van der Waals surface area contributed by atoms with Gasteiger partial charge in [0.15, 0.2) is 0 Å². The Morgan fingerprint density at radius 3 is 2.73 bits per heavy atom. The Morgan fingerprint density at radius 1 is 1.50 bits per heavy atom. The summed E-state index contributed by atoms with van der Waals surface area (Å²) in [6.07, 6.45) is 0.680. The molecule has 6 nitrogen and oxygen atoms in total. The number of thiophene rings is 1. The Kier molecular flexibility index (Phi) is 5.96. The van der Waals surface area contributed by atoms with E-state index < -0.39 is 16.1 Å². The Balaban J connectivity index is 1.81. The number of rotatable bonds is 6. The number of piperidine rings is 1. The van der Waals surface area contributed by atoms with E-state index in [4.69, 9.17) is 5.11 Å². The Labute approximate surface area is 135 Å². The molecule has 1 fully saturated rings. The minimum atomic E-state index is -3.37. The molecule has 1 amide bonds. The van der Waals surface area contributed by atoms with Gasteiger partial charge in [0, 0.05) is 19.6 Å². The van der Waals surface area contributed by atoms with Gasteiger partial charge >= 0.3 is 0 Å². The molecule has 0 bridgehead atoms. The van der Waals surface area contributed by atoms with E-state index in [1.807, 2.05) is 17.5 Å². The molecule has 0 unspecified atom stereocenters. The number of nitrogens with zero attached hydrogens (tertiary/aromatic N) is 1. The molecule has 1 aromatic heterocycles. The van der Waals surface area contributed by atoms with Gasteiger partial charge < -0.3 is 10.0 Å². The van der Waals surface area contributed by atoms with Gasteiger partial charge in [0.25, 0.3) is 5.91 Å². The van der Waals surface area contributed by atoms with Gasteiger partial charge in [0.1, 0.15) is 0 Å². The largest absolute Gasteiger partial charge is 0.392 e. The monoisotopic (exact) mass is 346 g/mol. The van der Waals surface area contributed by atoms with E-state index in [1.165, 1.54) is 18.3 Å². The van der Waals surface area contributed by atoms with Gasteiger partial charge in [-0.3, -0.25) is 4.79 Å². The highest BCUT2D eigenvalue weighted by atomic mass is 32.2. The maximum Gasteiger partial charge on any atom is 0.263 e. The Morgan fingerprint density at radius 2 is 2.18 bits per heavy atom.